The van der Waals surface area contributed by atoms with Gasteiger partial charge in [-0.2, -0.15) is 0 Å². The van der Waals surface area contributed by atoms with E-state index in [0.717, 1.165) is 25.7 Å². The molecule has 2 atom stereocenters. The van der Waals surface area contributed by atoms with Crippen molar-refractivity contribution < 1.29 is 4.79 Å². The first-order valence-corrected chi connectivity index (χ1v) is 13.2. The summed E-state index contributed by atoms with van der Waals surface area (Å²) in [5, 5.41) is 0. The fourth-order valence-electron chi connectivity index (χ4n) is 4.43. The first-order valence-electron chi connectivity index (χ1n) is 13.2. The lowest BCUT2D eigenvalue weighted by molar-refractivity contribution is -0.127. The van der Waals surface area contributed by atoms with Gasteiger partial charge in [-0.1, -0.05) is 130 Å². The van der Waals surface area contributed by atoms with Crippen molar-refractivity contribution in [2.75, 3.05) is 0 Å². The Morgan fingerprint density at radius 1 is 0.429 bits per heavy atom. The summed E-state index contributed by atoms with van der Waals surface area (Å²) in [7, 11) is 0. The van der Waals surface area contributed by atoms with Crippen molar-refractivity contribution in [1.82, 2.24) is 0 Å². The predicted octanol–water partition coefficient (Wildman–Crippen LogP) is 9.67. The van der Waals surface area contributed by atoms with Crippen molar-refractivity contribution in [3.8, 4) is 0 Å². The Morgan fingerprint density at radius 2 is 0.714 bits per heavy atom. The molecule has 0 aliphatic carbocycles. The fourth-order valence-corrected chi connectivity index (χ4v) is 4.43. The lowest BCUT2D eigenvalue weighted by atomic mass is 9.81. The second kappa shape index (κ2) is 21.4. The molecule has 0 aliphatic heterocycles. The third-order valence-electron chi connectivity index (χ3n) is 6.43. The zero-order chi connectivity index (χ0) is 20.9. The van der Waals surface area contributed by atoms with Gasteiger partial charge in [-0.15, -0.1) is 0 Å². The summed E-state index contributed by atoms with van der Waals surface area (Å²) < 4.78 is 0. The van der Waals surface area contributed by atoms with Crippen LogP contribution in [0, 0.1) is 11.8 Å². The van der Waals surface area contributed by atoms with Crippen molar-refractivity contribution in [2.45, 2.75) is 156 Å². The molecule has 28 heavy (non-hydrogen) atoms. The van der Waals surface area contributed by atoms with E-state index in [9.17, 15) is 4.79 Å². The maximum absolute atomic E-state index is 13.4. The van der Waals surface area contributed by atoms with E-state index in [4.69, 9.17) is 0 Å². The SMILES string of the molecule is CCCCCCCCC(CCCC)C(=O)C(CCCC)CCCCCCCC. The largest absolute Gasteiger partial charge is 0.299 e. The maximum Gasteiger partial charge on any atom is 0.139 e. The Bertz CT molecular complexity index is 292. The Hall–Kier alpha value is -0.330. The quantitative estimate of drug-likeness (QED) is 0.167. The van der Waals surface area contributed by atoms with Gasteiger partial charge in [-0.25, -0.2) is 0 Å². The molecule has 0 radical (unpaired) electrons. The molecule has 0 N–H and O–H groups in total. The Kier molecular flexibility index (Phi) is 21.1. The van der Waals surface area contributed by atoms with Crippen LogP contribution in [-0.4, -0.2) is 5.78 Å². The summed E-state index contributed by atoms with van der Waals surface area (Å²) in [6.07, 6.45) is 25.5. The van der Waals surface area contributed by atoms with E-state index in [2.05, 4.69) is 27.7 Å². The Labute approximate surface area is 178 Å². The van der Waals surface area contributed by atoms with Gasteiger partial charge in [0.25, 0.3) is 0 Å². The summed E-state index contributed by atoms with van der Waals surface area (Å²) >= 11 is 0. The highest BCUT2D eigenvalue weighted by molar-refractivity contribution is 5.83. The van der Waals surface area contributed by atoms with Gasteiger partial charge < -0.3 is 0 Å². The van der Waals surface area contributed by atoms with Crippen molar-refractivity contribution in [3.05, 3.63) is 0 Å². The molecule has 0 spiro atoms. The van der Waals surface area contributed by atoms with Crippen LogP contribution in [0.25, 0.3) is 0 Å². The van der Waals surface area contributed by atoms with Gasteiger partial charge >= 0.3 is 0 Å². The topological polar surface area (TPSA) is 17.1 Å². The van der Waals surface area contributed by atoms with Crippen molar-refractivity contribution >= 4 is 5.78 Å². The average molecular weight is 395 g/mol. The molecule has 1 heteroatoms. The first-order chi connectivity index (χ1) is 13.7. The summed E-state index contributed by atoms with van der Waals surface area (Å²) in [5.41, 5.74) is 0. The van der Waals surface area contributed by atoms with E-state index >= 15 is 0 Å². The van der Waals surface area contributed by atoms with Crippen LogP contribution in [0.1, 0.15) is 156 Å². The van der Waals surface area contributed by atoms with E-state index in [1.54, 1.807) is 0 Å². The highest BCUT2D eigenvalue weighted by Gasteiger charge is 2.25. The van der Waals surface area contributed by atoms with Crippen LogP contribution in [0.4, 0.5) is 0 Å². The lowest BCUT2D eigenvalue weighted by Crippen LogP contribution is -2.24. The van der Waals surface area contributed by atoms with E-state index in [1.165, 1.54) is 103 Å². The van der Waals surface area contributed by atoms with Crippen LogP contribution in [0.15, 0.2) is 0 Å². The molecule has 2 unspecified atom stereocenters. The molecular weight excluding hydrogens is 340 g/mol. The molecule has 1 nitrogen and oxygen atoms in total. The molecule has 0 rings (SSSR count). The van der Waals surface area contributed by atoms with Gasteiger partial charge in [-0.05, 0) is 25.7 Å². The van der Waals surface area contributed by atoms with Crippen LogP contribution in [0.5, 0.6) is 0 Å². The molecule has 0 aromatic carbocycles. The molecule has 0 saturated heterocycles. The molecular formula is C27H54O. The van der Waals surface area contributed by atoms with Gasteiger partial charge in [-0.3, -0.25) is 4.79 Å². The Balaban J connectivity index is 4.48. The molecule has 0 amide bonds. The number of unbranched alkanes of at least 4 members (excludes halogenated alkanes) is 12. The van der Waals surface area contributed by atoms with Gasteiger partial charge in [0.05, 0.1) is 0 Å². The van der Waals surface area contributed by atoms with Crippen LogP contribution >= 0.6 is 0 Å². The molecule has 0 saturated carbocycles. The van der Waals surface area contributed by atoms with E-state index in [-0.39, 0.29) is 0 Å². The second-order valence-electron chi connectivity index (χ2n) is 9.19. The van der Waals surface area contributed by atoms with Crippen LogP contribution < -0.4 is 0 Å². The number of Topliss-reactive ketones (excluding diaryl/α,β-unsaturated/α-hetero) is 1. The zero-order valence-electron chi connectivity index (χ0n) is 20.2. The summed E-state index contributed by atoms with van der Waals surface area (Å²) in [5.74, 6) is 1.35. The summed E-state index contributed by atoms with van der Waals surface area (Å²) in [6.45, 7) is 9.08. The minimum atomic E-state index is 0.355. The Morgan fingerprint density at radius 3 is 1.07 bits per heavy atom. The predicted molar refractivity (Wildman–Crippen MR) is 127 cm³/mol. The van der Waals surface area contributed by atoms with Gasteiger partial charge in [0.2, 0.25) is 0 Å². The number of hydrogen-bond acceptors (Lipinski definition) is 1. The molecule has 0 aromatic heterocycles. The third-order valence-corrected chi connectivity index (χ3v) is 6.43. The second-order valence-corrected chi connectivity index (χ2v) is 9.19. The molecule has 0 aromatic rings. The van der Waals surface area contributed by atoms with E-state index in [1.807, 2.05) is 0 Å². The zero-order valence-corrected chi connectivity index (χ0v) is 20.2. The maximum atomic E-state index is 13.4. The van der Waals surface area contributed by atoms with Crippen molar-refractivity contribution in [2.24, 2.45) is 11.8 Å². The van der Waals surface area contributed by atoms with Crippen LogP contribution in [0.3, 0.4) is 0 Å². The number of hydrogen-bond donors (Lipinski definition) is 0. The van der Waals surface area contributed by atoms with Gasteiger partial charge in [0.1, 0.15) is 5.78 Å². The summed E-state index contributed by atoms with van der Waals surface area (Å²) in [4.78, 5) is 13.4. The first kappa shape index (κ1) is 27.7. The number of carbonyl (C=O) groups is 1. The lowest BCUT2D eigenvalue weighted by Gasteiger charge is -2.23. The molecule has 0 aliphatic rings. The normalized spacial score (nSPS) is 13.6. The standard InChI is InChI=1S/C27H54O/c1-5-9-13-15-17-19-23-25(21-11-7-3)27(28)26(22-12-8-4)24-20-18-16-14-10-6-2/h25-26H,5-24H2,1-4H3. The molecule has 0 fully saturated rings. The van der Waals surface area contributed by atoms with Gasteiger partial charge in [0, 0.05) is 11.8 Å². The molecule has 0 bridgehead atoms. The van der Waals surface area contributed by atoms with Gasteiger partial charge in [0.15, 0.2) is 0 Å². The summed E-state index contributed by atoms with van der Waals surface area (Å²) in [6, 6.07) is 0. The van der Waals surface area contributed by atoms with Crippen LogP contribution in [-0.2, 0) is 4.79 Å². The molecule has 0 heterocycles. The third kappa shape index (κ3) is 15.6. The highest BCUT2D eigenvalue weighted by atomic mass is 16.1. The number of ketones is 1. The van der Waals surface area contributed by atoms with Crippen molar-refractivity contribution in [1.29, 1.82) is 0 Å². The minimum absolute atomic E-state index is 0.355. The molecule has 168 valence electrons. The number of rotatable bonds is 22. The van der Waals surface area contributed by atoms with E-state index in [0.29, 0.717) is 17.6 Å². The monoisotopic (exact) mass is 394 g/mol. The highest BCUT2D eigenvalue weighted by Crippen LogP contribution is 2.27. The van der Waals surface area contributed by atoms with Crippen LogP contribution in [0.2, 0.25) is 0 Å². The van der Waals surface area contributed by atoms with Crippen molar-refractivity contribution in [3.63, 3.8) is 0 Å². The number of carbonyl (C=O) groups excluding carboxylic acids is 1. The average Bonchev–Trinajstić information content (AvgIpc) is 2.71. The van der Waals surface area contributed by atoms with E-state index < -0.39 is 0 Å². The fraction of sp³-hybridized carbons (Fsp3) is 0.963. The smallest absolute Gasteiger partial charge is 0.139 e. The minimum Gasteiger partial charge on any atom is -0.299 e.